The molecule has 7 heteroatoms. The minimum Gasteiger partial charge on any atom is -0.307 e. The van der Waals surface area contributed by atoms with Gasteiger partial charge < -0.3 is 8.97 Å². The van der Waals surface area contributed by atoms with Gasteiger partial charge in [0.05, 0.1) is 5.69 Å². The maximum atomic E-state index is 4.67. The Hall–Kier alpha value is -2.12. The maximum absolute atomic E-state index is 4.67. The first kappa shape index (κ1) is 17.3. The van der Waals surface area contributed by atoms with Crippen molar-refractivity contribution in [1.29, 1.82) is 0 Å². The van der Waals surface area contributed by atoms with Crippen molar-refractivity contribution in [2.45, 2.75) is 44.6 Å². The second-order valence-corrected chi connectivity index (χ2v) is 8.30. The number of fused-ring (bicyclic) bond motifs is 1. The van der Waals surface area contributed by atoms with Crippen LogP contribution in [-0.2, 0) is 12.3 Å². The van der Waals surface area contributed by atoms with E-state index >= 15 is 0 Å². The average molecular weight is 384 g/mol. The normalized spacial score (nSPS) is 11.5. The molecule has 0 unspecified atom stereocenters. The van der Waals surface area contributed by atoms with Crippen molar-refractivity contribution in [3.05, 3.63) is 52.1 Å². The Bertz CT molecular complexity index is 1010. The van der Waals surface area contributed by atoms with Gasteiger partial charge in [-0.05, 0) is 38.0 Å². The molecule has 0 N–H and O–H groups in total. The van der Waals surface area contributed by atoms with E-state index in [1.165, 1.54) is 16.0 Å². The summed E-state index contributed by atoms with van der Waals surface area (Å²) >= 11 is 3.47. The summed E-state index contributed by atoms with van der Waals surface area (Å²) in [6, 6.07) is 6.04. The van der Waals surface area contributed by atoms with Crippen LogP contribution in [0.3, 0.4) is 0 Å². The van der Waals surface area contributed by atoms with E-state index in [-0.39, 0.29) is 0 Å². The lowest BCUT2D eigenvalue weighted by atomic mass is 10.1. The molecule has 4 heterocycles. The number of thioether (sulfide) groups is 1. The van der Waals surface area contributed by atoms with Gasteiger partial charge in [-0.2, -0.15) is 0 Å². The predicted molar refractivity (Wildman–Crippen MR) is 108 cm³/mol. The van der Waals surface area contributed by atoms with E-state index in [9.17, 15) is 0 Å². The van der Waals surface area contributed by atoms with Crippen LogP contribution >= 0.6 is 23.1 Å². The van der Waals surface area contributed by atoms with E-state index in [4.69, 9.17) is 0 Å². The Kier molecular flexibility index (Phi) is 4.82. The molecule has 0 fully saturated rings. The van der Waals surface area contributed by atoms with Gasteiger partial charge in [0.15, 0.2) is 11.0 Å². The molecular weight excluding hydrogens is 362 g/mol. The summed E-state index contributed by atoms with van der Waals surface area (Å²) in [5.41, 5.74) is 4.53. The van der Waals surface area contributed by atoms with Crippen molar-refractivity contribution in [2.24, 2.45) is 0 Å². The number of hydrogen-bond acceptors (Lipinski definition) is 5. The number of pyridine rings is 1. The van der Waals surface area contributed by atoms with Crippen molar-refractivity contribution in [2.75, 3.05) is 0 Å². The first-order valence-electron chi connectivity index (χ1n) is 8.71. The fourth-order valence-electron chi connectivity index (χ4n) is 2.95. The minimum atomic E-state index is 0.783. The topological polar surface area (TPSA) is 48.0 Å². The lowest BCUT2D eigenvalue weighted by molar-refractivity contribution is 0.626. The van der Waals surface area contributed by atoms with Crippen molar-refractivity contribution in [1.82, 2.24) is 24.1 Å². The zero-order chi connectivity index (χ0) is 18.1. The SMILES string of the molecule is CCCn1c(SCc2cn3ccccc3n2)nnc1-c1csc(C)c1C. The highest BCUT2D eigenvalue weighted by molar-refractivity contribution is 7.98. The summed E-state index contributed by atoms with van der Waals surface area (Å²) < 4.78 is 4.30. The van der Waals surface area contributed by atoms with E-state index in [2.05, 4.69) is 56.5 Å². The van der Waals surface area contributed by atoms with Crippen LogP contribution in [0.25, 0.3) is 17.0 Å². The molecule has 0 saturated heterocycles. The number of imidazole rings is 1. The number of rotatable bonds is 6. The number of thiophene rings is 1. The van der Waals surface area contributed by atoms with Crippen molar-refractivity contribution in [3.63, 3.8) is 0 Å². The Morgan fingerprint density at radius 1 is 1.19 bits per heavy atom. The second kappa shape index (κ2) is 7.25. The third kappa shape index (κ3) is 3.17. The molecule has 26 heavy (non-hydrogen) atoms. The van der Waals surface area contributed by atoms with E-state index in [0.29, 0.717) is 0 Å². The molecule has 0 aliphatic carbocycles. The average Bonchev–Trinajstić information content (AvgIpc) is 3.32. The molecule has 4 aromatic rings. The van der Waals surface area contributed by atoms with Crippen molar-refractivity contribution >= 4 is 28.7 Å². The van der Waals surface area contributed by atoms with Crippen molar-refractivity contribution in [3.8, 4) is 11.4 Å². The quantitative estimate of drug-likeness (QED) is 0.441. The first-order valence-corrected chi connectivity index (χ1v) is 10.6. The molecule has 4 aromatic heterocycles. The molecule has 0 aliphatic heterocycles. The number of aromatic nitrogens is 5. The fraction of sp³-hybridized carbons (Fsp3) is 0.316. The van der Waals surface area contributed by atoms with Gasteiger partial charge in [0.2, 0.25) is 0 Å². The highest BCUT2D eigenvalue weighted by atomic mass is 32.2. The first-order chi connectivity index (χ1) is 12.7. The van der Waals surface area contributed by atoms with Crippen LogP contribution in [0.1, 0.15) is 29.5 Å². The van der Waals surface area contributed by atoms with Crippen LogP contribution in [-0.4, -0.2) is 24.1 Å². The predicted octanol–water partition coefficient (Wildman–Crippen LogP) is 4.97. The molecule has 0 aromatic carbocycles. The Balaban J connectivity index is 1.61. The third-order valence-electron chi connectivity index (χ3n) is 4.45. The van der Waals surface area contributed by atoms with Gasteiger partial charge in [0, 0.05) is 40.5 Å². The lowest BCUT2D eigenvalue weighted by Gasteiger charge is -2.08. The highest BCUT2D eigenvalue weighted by Gasteiger charge is 2.17. The summed E-state index contributed by atoms with van der Waals surface area (Å²) in [5, 5.41) is 12.1. The van der Waals surface area contributed by atoms with Gasteiger partial charge in [-0.3, -0.25) is 0 Å². The second-order valence-electron chi connectivity index (χ2n) is 6.28. The standard InChI is InChI=1S/C19H21N5S2/c1-4-8-24-18(16-12-25-14(3)13(16)2)21-22-19(24)26-11-15-10-23-9-6-5-7-17(23)20-15/h5-7,9-10,12H,4,8,11H2,1-3H3. The van der Waals surface area contributed by atoms with Gasteiger partial charge in [0.1, 0.15) is 5.65 Å². The molecule has 0 radical (unpaired) electrons. The molecule has 0 bridgehead atoms. The summed E-state index contributed by atoms with van der Waals surface area (Å²) in [6.45, 7) is 7.43. The van der Waals surface area contributed by atoms with E-state index in [0.717, 1.165) is 41.0 Å². The van der Waals surface area contributed by atoms with Crippen molar-refractivity contribution < 1.29 is 0 Å². The van der Waals surface area contributed by atoms with Crippen LogP contribution in [0.2, 0.25) is 0 Å². The Labute approximate surface area is 161 Å². The van der Waals surface area contributed by atoms with Gasteiger partial charge in [0.25, 0.3) is 0 Å². The van der Waals surface area contributed by atoms with Crippen LogP contribution in [0.15, 0.2) is 41.1 Å². The zero-order valence-corrected chi connectivity index (χ0v) is 16.8. The van der Waals surface area contributed by atoms with Gasteiger partial charge in [-0.15, -0.1) is 21.5 Å². The molecule has 0 spiro atoms. The number of hydrogen-bond donors (Lipinski definition) is 0. The van der Waals surface area contributed by atoms with Crippen LogP contribution in [0.5, 0.6) is 0 Å². The summed E-state index contributed by atoms with van der Waals surface area (Å²) in [5.74, 6) is 1.76. The van der Waals surface area contributed by atoms with Crippen LogP contribution in [0.4, 0.5) is 0 Å². The van der Waals surface area contributed by atoms with E-state index in [1.807, 2.05) is 24.4 Å². The molecule has 0 amide bonds. The lowest BCUT2D eigenvalue weighted by Crippen LogP contribution is -2.02. The highest BCUT2D eigenvalue weighted by Crippen LogP contribution is 2.32. The van der Waals surface area contributed by atoms with Gasteiger partial charge in [-0.25, -0.2) is 4.98 Å². The summed E-state index contributed by atoms with van der Waals surface area (Å²) in [7, 11) is 0. The molecule has 0 aliphatic rings. The largest absolute Gasteiger partial charge is 0.307 e. The zero-order valence-electron chi connectivity index (χ0n) is 15.1. The maximum Gasteiger partial charge on any atom is 0.191 e. The molecule has 134 valence electrons. The number of aryl methyl sites for hydroxylation is 1. The summed E-state index contributed by atoms with van der Waals surface area (Å²) in [4.78, 5) is 6.01. The molecular formula is C19H21N5S2. The molecule has 0 saturated carbocycles. The third-order valence-corrected chi connectivity index (χ3v) is 6.47. The Morgan fingerprint density at radius 2 is 2.08 bits per heavy atom. The van der Waals surface area contributed by atoms with Crippen LogP contribution in [0, 0.1) is 13.8 Å². The minimum absolute atomic E-state index is 0.783. The summed E-state index contributed by atoms with van der Waals surface area (Å²) in [6.07, 6.45) is 5.15. The van der Waals surface area contributed by atoms with Gasteiger partial charge in [-0.1, -0.05) is 24.8 Å². The smallest absolute Gasteiger partial charge is 0.191 e. The van der Waals surface area contributed by atoms with Crippen LogP contribution < -0.4 is 0 Å². The Morgan fingerprint density at radius 3 is 2.81 bits per heavy atom. The molecule has 4 rings (SSSR count). The van der Waals surface area contributed by atoms with E-state index in [1.54, 1.807) is 23.1 Å². The molecule has 0 atom stereocenters. The van der Waals surface area contributed by atoms with E-state index < -0.39 is 0 Å². The van der Waals surface area contributed by atoms with Gasteiger partial charge >= 0.3 is 0 Å². The fourth-order valence-corrected chi connectivity index (χ4v) is 4.66. The number of nitrogens with zero attached hydrogens (tertiary/aromatic N) is 5. The molecule has 5 nitrogen and oxygen atoms in total. The monoisotopic (exact) mass is 383 g/mol.